The molecular formula is C22H24N4O4S2. The molecule has 1 unspecified atom stereocenters. The van der Waals surface area contributed by atoms with Crippen molar-refractivity contribution in [3.05, 3.63) is 65.7 Å². The fourth-order valence-electron chi connectivity index (χ4n) is 3.77. The Morgan fingerprint density at radius 1 is 1.09 bits per heavy atom. The Morgan fingerprint density at radius 2 is 1.78 bits per heavy atom. The van der Waals surface area contributed by atoms with Gasteiger partial charge in [0.25, 0.3) is 15.9 Å². The maximum Gasteiger partial charge on any atom is 0.270 e. The van der Waals surface area contributed by atoms with Crippen molar-refractivity contribution in [1.82, 2.24) is 14.9 Å². The van der Waals surface area contributed by atoms with Crippen LogP contribution in [0, 0.1) is 0 Å². The van der Waals surface area contributed by atoms with Crippen LogP contribution in [0.3, 0.4) is 0 Å². The maximum absolute atomic E-state index is 13.1. The number of fused-ring (bicyclic) bond motifs is 1. The average molecular weight is 473 g/mol. The van der Waals surface area contributed by atoms with E-state index in [1.165, 1.54) is 0 Å². The van der Waals surface area contributed by atoms with Crippen molar-refractivity contribution in [2.75, 3.05) is 5.32 Å². The van der Waals surface area contributed by atoms with Gasteiger partial charge in [0, 0.05) is 17.5 Å². The molecule has 4 rings (SSSR count). The van der Waals surface area contributed by atoms with Crippen LogP contribution in [0.25, 0.3) is 0 Å². The van der Waals surface area contributed by atoms with Gasteiger partial charge in [-0.25, -0.2) is 13.1 Å². The van der Waals surface area contributed by atoms with Crippen molar-refractivity contribution >= 4 is 32.4 Å². The minimum atomic E-state index is -3.96. The van der Waals surface area contributed by atoms with Crippen molar-refractivity contribution in [1.29, 1.82) is 0 Å². The number of para-hydroxylation sites is 1. The number of anilines is 1. The van der Waals surface area contributed by atoms with Crippen LogP contribution >= 0.6 is 11.3 Å². The molecule has 2 N–H and O–H groups in total. The van der Waals surface area contributed by atoms with E-state index >= 15 is 0 Å². The summed E-state index contributed by atoms with van der Waals surface area (Å²) >= 11 is 0.808. The van der Waals surface area contributed by atoms with E-state index in [-0.39, 0.29) is 15.4 Å². The lowest BCUT2D eigenvalue weighted by Gasteiger charge is -2.41. The summed E-state index contributed by atoms with van der Waals surface area (Å²) in [6.45, 7) is 4.07. The molecule has 2 aromatic carbocycles. The quantitative estimate of drug-likeness (QED) is 0.500. The van der Waals surface area contributed by atoms with Gasteiger partial charge in [0.15, 0.2) is 0 Å². The summed E-state index contributed by atoms with van der Waals surface area (Å²) in [4.78, 5) is 12.3. The van der Waals surface area contributed by atoms with Crippen LogP contribution < -0.4 is 14.8 Å². The second kappa shape index (κ2) is 8.97. The van der Waals surface area contributed by atoms with Crippen LogP contribution in [-0.4, -0.2) is 30.1 Å². The summed E-state index contributed by atoms with van der Waals surface area (Å²) in [5.41, 5.74) is 0.785. The molecule has 0 spiro atoms. The number of ether oxygens (including phenoxy) is 1. The number of carbonyl (C=O) groups excluding carboxylic acids is 1. The van der Waals surface area contributed by atoms with Crippen LogP contribution in [0.5, 0.6) is 5.75 Å². The van der Waals surface area contributed by atoms with E-state index in [1.54, 1.807) is 30.3 Å². The Hall–Kier alpha value is -2.82. The Bertz CT molecular complexity index is 1210. The zero-order valence-electron chi connectivity index (χ0n) is 17.7. The predicted molar refractivity (Wildman–Crippen MR) is 122 cm³/mol. The number of nitrogens with one attached hydrogen (secondary N) is 2. The number of hydrogen-bond donors (Lipinski definition) is 2. The number of nitrogens with zero attached hydrogens (tertiary/aromatic N) is 2. The molecular weight excluding hydrogens is 448 g/mol. The lowest BCUT2D eigenvalue weighted by Crippen LogP contribution is -2.44. The third kappa shape index (κ3) is 4.52. The zero-order chi connectivity index (χ0) is 22.8. The molecule has 0 fully saturated rings. The van der Waals surface area contributed by atoms with Crippen LogP contribution in [0.1, 0.15) is 55.1 Å². The third-order valence-electron chi connectivity index (χ3n) is 5.68. The van der Waals surface area contributed by atoms with Crippen LogP contribution in [-0.2, 0) is 10.0 Å². The van der Waals surface area contributed by atoms with Gasteiger partial charge in [0.2, 0.25) is 9.47 Å². The van der Waals surface area contributed by atoms with Gasteiger partial charge in [-0.3, -0.25) is 10.1 Å². The van der Waals surface area contributed by atoms with Gasteiger partial charge < -0.3 is 4.74 Å². The number of hydrogen-bond acceptors (Lipinski definition) is 7. The van der Waals surface area contributed by atoms with Gasteiger partial charge in [-0.2, -0.15) is 0 Å². The average Bonchev–Trinajstić information content (AvgIpc) is 3.29. The number of sulfonamides is 1. The minimum Gasteiger partial charge on any atom is -0.487 e. The molecule has 168 valence electrons. The van der Waals surface area contributed by atoms with Gasteiger partial charge >= 0.3 is 0 Å². The van der Waals surface area contributed by atoms with E-state index in [0.29, 0.717) is 17.7 Å². The molecule has 0 radical (unpaired) electrons. The highest BCUT2D eigenvalue weighted by Gasteiger charge is 2.40. The van der Waals surface area contributed by atoms with Gasteiger partial charge in [0.1, 0.15) is 11.4 Å². The highest BCUT2D eigenvalue weighted by Crippen LogP contribution is 2.43. The van der Waals surface area contributed by atoms with E-state index in [1.807, 2.05) is 38.1 Å². The Labute approximate surface area is 191 Å². The summed E-state index contributed by atoms with van der Waals surface area (Å²) in [6.07, 6.45) is 2.02. The van der Waals surface area contributed by atoms with Crippen molar-refractivity contribution < 1.29 is 17.9 Å². The SMILES string of the molecule is CCC1(CC)CC(NS(=O)(=O)c2nnc(NC(=O)c3ccccc3)s2)c2ccccc2O1. The molecule has 32 heavy (non-hydrogen) atoms. The Kier molecular flexibility index (Phi) is 6.27. The second-order valence-electron chi connectivity index (χ2n) is 7.60. The molecule has 1 aromatic heterocycles. The number of amides is 1. The van der Waals surface area contributed by atoms with Crippen LogP contribution in [0.15, 0.2) is 58.9 Å². The van der Waals surface area contributed by atoms with Gasteiger partial charge in [-0.05, 0) is 31.0 Å². The molecule has 2 heterocycles. The molecule has 0 saturated carbocycles. The Morgan fingerprint density at radius 3 is 2.50 bits per heavy atom. The summed E-state index contributed by atoms with van der Waals surface area (Å²) in [7, 11) is -3.96. The van der Waals surface area contributed by atoms with Gasteiger partial charge in [0.05, 0.1) is 6.04 Å². The van der Waals surface area contributed by atoms with Gasteiger partial charge in [-0.15, -0.1) is 10.2 Å². The van der Waals surface area contributed by atoms with Crippen molar-refractivity contribution in [3.8, 4) is 5.75 Å². The summed E-state index contributed by atoms with van der Waals surface area (Å²) < 4.78 is 35.0. The van der Waals surface area contributed by atoms with Crippen LogP contribution in [0.2, 0.25) is 0 Å². The summed E-state index contributed by atoms with van der Waals surface area (Å²) in [6, 6.07) is 15.6. The van der Waals surface area contributed by atoms with Crippen molar-refractivity contribution in [3.63, 3.8) is 0 Å². The van der Waals surface area contributed by atoms with Crippen LogP contribution in [0.4, 0.5) is 5.13 Å². The van der Waals surface area contributed by atoms with Gasteiger partial charge in [-0.1, -0.05) is 61.6 Å². The molecule has 3 aromatic rings. The maximum atomic E-state index is 13.1. The predicted octanol–water partition coefficient (Wildman–Crippen LogP) is 4.15. The first-order valence-electron chi connectivity index (χ1n) is 10.4. The summed E-state index contributed by atoms with van der Waals surface area (Å²) in [5, 5.41) is 10.4. The zero-order valence-corrected chi connectivity index (χ0v) is 19.4. The molecule has 1 atom stereocenters. The molecule has 1 aliphatic rings. The molecule has 10 heteroatoms. The highest BCUT2D eigenvalue weighted by atomic mass is 32.2. The highest BCUT2D eigenvalue weighted by molar-refractivity contribution is 7.91. The van der Waals surface area contributed by atoms with Crippen molar-refractivity contribution in [2.24, 2.45) is 0 Å². The fraction of sp³-hybridized carbons (Fsp3) is 0.318. The lowest BCUT2D eigenvalue weighted by atomic mass is 9.84. The first-order valence-corrected chi connectivity index (χ1v) is 12.7. The van der Waals surface area contributed by atoms with E-state index in [9.17, 15) is 13.2 Å². The standard InChI is InChI=1S/C22H24N4O4S2/c1-3-22(4-2)14-17(16-12-8-9-13-18(16)30-22)26-32(28,29)21-25-24-20(31-21)23-19(27)15-10-6-5-7-11-15/h5-13,17,26H,3-4,14H2,1-2H3,(H,23,24,27). The molecule has 1 amide bonds. The van der Waals surface area contributed by atoms with Crippen molar-refractivity contribution in [2.45, 2.75) is 49.1 Å². The normalized spacial score (nSPS) is 17.2. The molecule has 8 nitrogen and oxygen atoms in total. The second-order valence-corrected chi connectivity index (χ2v) is 10.5. The number of benzene rings is 2. The topological polar surface area (TPSA) is 110 Å². The molecule has 0 aliphatic carbocycles. The molecule has 1 aliphatic heterocycles. The first-order chi connectivity index (χ1) is 15.4. The number of aromatic nitrogens is 2. The minimum absolute atomic E-state index is 0.114. The summed E-state index contributed by atoms with van der Waals surface area (Å²) in [5.74, 6) is 0.302. The number of rotatable bonds is 7. The fourth-order valence-corrected chi connectivity index (χ4v) is 5.90. The monoisotopic (exact) mass is 472 g/mol. The first kappa shape index (κ1) is 22.4. The van der Waals surface area contributed by atoms with E-state index in [0.717, 1.165) is 29.7 Å². The number of carbonyl (C=O) groups is 1. The largest absolute Gasteiger partial charge is 0.487 e. The molecule has 0 saturated heterocycles. The third-order valence-corrected chi connectivity index (χ3v) is 8.35. The lowest BCUT2D eigenvalue weighted by molar-refractivity contribution is 0.0260. The molecule has 0 bridgehead atoms. The van der Waals surface area contributed by atoms with E-state index < -0.39 is 21.7 Å². The Balaban J connectivity index is 1.55. The van der Waals surface area contributed by atoms with E-state index in [4.69, 9.17) is 4.74 Å². The van der Waals surface area contributed by atoms with E-state index in [2.05, 4.69) is 20.2 Å². The smallest absolute Gasteiger partial charge is 0.270 e.